The van der Waals surface area contributed by atoms with E-state index in [-0.39, 0.29) is 11.6 Å². The number of imidazole rings is 1. The van der Waals surface area contributed by atoms with Crippen LogP contribution in [0.25, 0.3) is 16.9 Å². The summed E-state index contributed by atoms with van der Waals surface area (Å²) in [5, 5.41) is 10.5. The molecule has 0 atom stereocenters. The molecule has 4 rings (SSSR count). The number of amides is 1. The first-order valence-corrected chi connectivity index (χ1v) is 8.24. The normalized spacial score (nSPS) is 11.0. The topological polar surface area (TPSA) is 77.1 Å². The fourth-order valence-corrected chi connectivity index (χ4v) is 2.85. The number of nitrogens with zero attached hydrogens (tertiary/aromatic N) is 5. The first-order valence-electron chi connectivity index (χ1n) is 8.24. The second-order valence-corrected chi connectivity index (χ2v) is 6.31. The van der Waals surface area contributed by atoms with Crippen molar-refractivity contribution in [2.24, 2.45) is 7.05 Å². The van der Waals surface area contributed by atoms with Crippen LogP contribution in [0.15, 0.2) is 48.9 Å². The number of benzene rings is 1. The van der Waals surface area contributed by atoms with Crippen LogP contribution >= 0.6 is 0 Å². The predicted molar refractivity (Wildman–Crippen MR) is 99.1 cm³/mol. The zero-order valence-corrected chi connectivity index (χ0v) is 14.8. The van der Waals surface area contributed by atoms with Crippen molar-refractivity contribution in [1.29, 1.82) is 0 Å². The summed E-state index contributed by atoms with van der Waals surface area (Å²) in [4.78, 5) is 17.1. The maximum atomic E-state index is 12.4. The largest absolute Gasteiger partial charge is 0.320 e. The molecule has 0 aliphatic rings. The van der Waals surface area contributed by atoms with Crippen molar-refractivity contribution in [1.82, 2.24) is 24.4 Å². The molecule has 7 heteroatoms. The highest BCUT2D eigenvalue weighted by atomic mass is 16.2. The Morgan fingerprint density at radius 2 is 1.96 bits per heavy atom. The van der Waals surface area contributed by atoms with Gasteiger partial charge in [0.1, 0.15) is 5.65 Å². The number of hydrogen-bond acceptors (Lipinski definition) is 4. The van der Waals surface area contributed by atoms with Gasteiger partial charge in [-0.3, -0.25) is 9.48 Å². The summed E-state index contributed by atoms with van der Waals surface area (Å²) in [6, 6.07) is 9.94. The van der Waals surface area contributed by atoms with E-state index in [1.807, 2.05) is 61.0 Å². The molecule has 0 saturated heterocycles. The first kappa shape index (κ1) is 16.0. The van der Waals surface area contributed by atoms with E-state index in [2.05, 4.69) is 15.6 Å². The third-order valence-electron chi connectivity index (χ3n) is 4.29. The average Bonchev–Trinajstić information content (AvgIpc) is 3.24. The van der Waals surface area contributed by atoms with E-state index < -0.39 is 0 Å². The minimum absolute atomic E-state index is 0.278. The Kier molecular flexibility index (Phi) is 3.76. The highest BCUT2D eigenvalue weighted by molar-refractivity contribution is 6.03. The Hall–Kier alpha value is -3.48. The van der Waals surface area contributed by atoms with Crippen molar-refractivity contribution in [3.05, 3.63) is 65.7 Å². The van der Waals surface area contributed by atoms with Crippen LogP contribution in [0.1, 0.15) is 21.6 Å². The van der Waals surface area contributed by atoms with Gasteiger partial charge in [0.15, 0.2) is 5.69 Å². The van der Waals surface area contributed by atoms with Gasteiger partial charge in [-0.1, -0.05) is 23.4 Å². The molecule has 1 aromatic carbocycles. The number of aromatic nitrogens is 5. The molecule has 26 heavy (non-hydrogen) atoms. The lowest BCUT2D eigenvalue weighted by Crippen LogP contribution is -2.13. The van der Waals surface area contributed by atoms with Crippen LogP contribution in [0.5, 0.6) is 0 Å². The van der Waals surface area contributed by atoms with Crippen molar-refractivity contribution in [3.8, 4) is 11.3 Å². The highest BCUT2D eigenvalue weighted by Crippen LogP contribution is 2.26. The second-order valence-electron chi connectivity index (χ2n) is 6.31. The molecule has 7 nitrogen and oxygen atoms in total. The van der Waals surface area contributed by atoms with E-state index >= 15 is 0 Å². The lowest BCUT2D eigenvalue weighted by Gasteiger charge is -2.08. The maximum Gasteiger partial charge on any atom is 0.277 e. The standard InChI is InChI=1S/C19H18N6O/c1-12-6-7-14(16-11-25-8-4-5-13(2)18(25)20-16)9-15(12)21-19(26)17-10-24(3)23-22-17/h4-11H,1-3H3,(H,21,26). The summed E-state index contributed by atoms with van der Waals surface area (Å²) in [6.07, 6.45) is 5.55. The zero-order valence-electron chi connectivity index (χ0n) is 14.8. The summed E-state index contributed by atoms with van der Waals surface area (Å²) < 4.78 is 3.50. The molecule has 1 amide bonds. The van der Waals surface area contributed by atoms with Crippen LogP contribution < -0.4 is 5.32 Å². The molecule has 0 unspecified atom stereocenters. The molecule has 0 saturated carbocycles. The highest BCUT2D eigenvalue weighted by Gasteiger charge is 2.13. The number of anilines is 1. The Bertz CT molecular complexity index is 1120. The van der Waals surface area contributed by atoms with Gasteiger partial charge in [0.2, 0.25) is 0 Å². The number of nitrogens with one attached hydrogen (secondary N) is 1. The third-order valence-corrected chi connectivity index (χ3v) is 4.29. The van der Waals surface area contributed by atoms with Crippen LogP contribution in [0.4, 0.5) is 5.69 Å². The fourth-order valence-electron chi connectivity index (χ4n) is 2.85. The molecule has 4 aromatic rings. The summed E-state index contributed by atoms with van der Waals surface area (Å²) in [5.41, 5.74) is 5.80. The maximum absolute atomic E-state index is 12.4. The lowest BCUT2D eigenvalue weighted by molar-refractivity contribution is 0.102. The van der Waals surface area contributed by atoms with Gasteiger partial charge in [-0.05, 0) is 37.1 Å². The summed E-state index contributed by atoms with van der Waals surface area (Å²) >= 11 is 0. The molecule has 3 aromatic heterocycles. The van der Waals surface area contributed by atoms with Gasteiger partial charge in [0.05, 0.1) is 11.9 Å². The molecule has 130 valence electrons. The van der Waals surface area contributed by atoms with Gasteiger partial charge in [-0.25, -0.2) is 4.98 Å². The Labute approximate surface area is 150 Å². The van der Waals surface area contributed by atoms with E-state index in [0.717, 1.165) is 33.7 Å². The van der Waals surface area contributed by atoms with Gasteiger partial charge < -0.3 is 9.72 Å². The predicted octanol–water partition coefficient (Wildman–Crippen LogP) is 3.00. The smallest absolute Gasteiger partial charge is 0.277 e. The number of rotatable bonds is 3. The summed E-state index contributed by atoms with van der Waals surface area (Å²) in [6.45, 7) is 3.98. The van der Waals surface area contributed by atoms with Crippen LogP contribution in [0, 0.1) is 13.8 Å². The average molecular weight is 346 g/mol. The van der Waals surface area contributed by atoms with E-state index in [0.29, 0.717) is 0 Å². The fraction of sp³-hybridized carbons (Fsp3) is 0.158. The number of aryl methyl sites for hydroxylation is 3. The Balaban J connectivity index is 1.69. The number of carbonyl (C=O) groups excluding carboxylic acids is 1. The Morgan fingerprint density at radius 1 is 1.12 bits per heavy atom. The van der Waals surface area contributed by atoms with Gasteiger partial charge in [-0.2, -0.15) is 0 Å². The zero-order chi connectivity index (χ0) is 18.3. The van der Waals surface area contributed by atoms with Crippen molar-refractivity contribution in [2.45, 2.75) is 13.8 Å². The number of hydrogen-bond donors (Lipinski definition) is 1. The molecule has 0 fully saturated rings. The second kappa shape index (κ2) is 6.11. The van der Waals surface area contributed by atoms with E-state index in [9.17, 15) is 4.79 Å². The third kappa shape index (κ3) is 2.83. The first-order chi connectivity index (χ1) is 12.5. The van der Waals surface area contributed by atoms with Gasteiger partial charge in [0, 0.05) is 30.7 Å². The molecule has 1 N–H and O–H groups in total. The molecule has 0 spiro atoms. The van der Waals surface area contributed by atoms with Crippen LogP contribution in [-0.4, -0.2) is 30.3 Å². The van der Waals surface area contributed by atoms with Gasteiger partial charge in [0.25, 0.3) is 5.91 Å². The van der Waals surface area contributed by atoms with Crippen molar-refractivity contribution >= 4 is 17.2 Å². The van der Waals surface area contributed by atoms with Crippen LogP contribution in [-0.2, 0) is 7.05 Å². The molecule has 3 heterocycles. The van der Waals surface area contributed by atoms with Crippen molar-refractivity contribution < 1.29 is 4.79 Å². The van der Waals surface area contributed by atoms with Crippen LogP contribution in [0.3, 0.4) is 0 Å². The van der Waals surface area contributed by atoms with Crippen molar-refractivity contribution in [2.75, 3.05) is 5.32 Å². The molecular formula is C19H18N6O. The number of pyridine rings is 1. The van der Waals surface area contributed by atoms with E-state index in [1.54, 1.807) is 13.2 Å². The van der Waals surface area contributed by atoms with Crippen molar-refractivity contribution in [3.63, 3.8) is 0 Å². The molecule has 0 radical (unpaired) electrons. The van der Waals surface area contributed by atoms with Gasteiger partial charge >= 0.3 is 0 Å². The SMILES string of the molecule is Cc1ccc(-c2cn3cccc(C)c3n2)cc1NC(=O)c1cn(C)nn1. The van der Waals surface area contributed by atoms with E-state index in [4.69, 9.17) is 4.98 Å². The number of fused-ring (bicyclic) bond motifs is 1. The summed E-state index contributed by atoms with van der Waals surface area (Å²) in [5.74, 6) is -0.288. The quantitative estimate of drug-likeness (QED) is 0.619. The number of carbonyl (C=O) groups is 1. The lowest BCUT2D eigenvalue weighted by atomic mass is 10.1. The minimum atomic E-state index is -0.288. The molecule has 0 aliphatic heterocycles. The molecule has 0 bridgehead atoms. The molecule has 0 aliphatic carbocycles. The van der Waals surface area contributed by atoms with E-state index in [1.165, 1.54) is 4.68 Å². The summed E-state index contributed by atoms with van der Waals surface area (Å²) in [7, 11) is 1.72. The monoisotopic (exact) mass is 346 g/mol. The minimum Gasteiger partial charge on any atom is -0.320 e. The van der Waals surface area contributed by atoms with Gasteiger partial charge in [-0.15, -0.1) is 5.10 Å². The molecular weight excluding hydrogens is 328 g/mol. The van der Waals surface area contributed by atoms with Crippen LogP contribution in [0.2, 0.25) is 0 Å². The Morgan fingerprint density at radius 3 is 2.69 bits per heavy atom.